The third-order valence-corrected chi connectivity index (χ3v) is 6.30. The fraction of sp³-hybridized carbons (Fsp3) is 0.500. The van der Waals surface area contributed by atoms with Crippen LogP contribution in [0.25, 0.3) is 0 Å². The summed E-state index contributed by atoms with van der Waals surface area (Å²) in [6.07, 6.45) is 0.530. The van der Waals surface area contributed by atoms with E-state index in [2.05, 4.69) is 20.8 Å². The maximum atomic E-state index is 13.0. The minimum Gasteiger partial charge on any atom is -0.481 e. The Morgan fingerprint density at radius 3 is 1.49 bits per heavy atom. The molecule has 0 aliphatic rings. The van der Waals surface area contributed by atoms with Crippen LogP contribution in [0.4, 0.5) is 0 Å². The molecule has 2 aromatic rings. The van der Waals surface area contributed by atoms with E-state index in [1.54, 1.807) is 26.0 Å². The number of carbonyl (C=O) groups excluding carboxylic acids is 3. The second kappa shape index (κ2) is 12.0. The molecule has 0 spiro atoms. The van der Waals surface area contributed by atoms with Gasteiger partial charge in [0, 0.05) is 37.1 Å². The number of esters is 1. The predicted octanol–water partition coefficient (Wildman–Crippen LogP) is 5.37. The fourth-order valence-corrected chi connectivity index (χ4v) is 3.91. The van der Waals surface area contributed by atoms with E-state index in [4.69, 9.17) is 20.9 Å². The molecule has 0 heterocycles. The minimum atomic E-state index is -0.707. The standard InChI is InChI=1S/C30H42N2O5/c1-9-24(33)22-13-20(29(3,4)5)11-18(15-31)27(22)36-17-26(35)37-28-19(16-32)12-21(30(6,7)8)14-23(28)25(34)10-2/h11-14H,9-10,15-17,31-32H2,1-8H3. The van der Waals surface area contributed by atoms with Gasteiger partial charge in [0.25, 0.3) is 0 Å². The molecule has 0 fully saturated rings. The Hall–Kier alpha value is -3.03. The van der Waals surface area contributed by atoms with Crippen molar-refractivity contribution in [3.05, 3.63) is 57.6 Å². The first-order chi connectivity index (χ1) is 17.2. The first-order valence-electron chi connectivity index (χ1n) is 12.8. The highest BCUT2D eigenvalue weighted by Crippen LogP contribution is 2.34. The molecule has 0 aliphatic heterocycles. The Morgan fingerprint density at radius 2 is 1.11 bits per heavy atom. The molecule has 7 nitrogen and oxygen atoms in total. The Kier molecular flexibility index (Phi) is 9.80. The largest absolute Gasteiger partial charge is 0.481 e. The third kappa shape index (κ3) is 7.27. The number of nitrogens with two attached hydrogens (primary N) is 2. The van der Waals surface area contributed by atoms with E-state index in [1.165, 1.54) is 0 Å². The molecular formula is C30H42N2O5. The molecule has 0 saturated heterocycles. The average Bonchev–Trinajstić information content (AvgIpc) is 2.84. The van der Waals surface area contributed by atoms with Crippen LogP contribution in [0.3, 0.4) is 0 Å². The molecule has 0 saturated carbocycles. The number of hydrogen-bond acceptors (Lipinski definition) is 7. The molecule has 4 N–H and O–H groups in total. The first kappa shape index (κ1) is 30.2. The number of ketones is 2. The van der Waals surface area contributed by atoms with Gasteiger partial charge in [-0.1, -0.05) is 67.5 Å². The lowest BCUT2D eigenvalue weighted by atomic mass is 9.84. The van der Waals surface area contributed by atoms with Gasteiger partial charge in [0.2, 0.25) is 0 Å². The highest BCUT2D eigenvalue weighted by atomic mass is 16.6. The van der Waals surface area contributed by atoms with Gasteiger partial charge in [0.15, 0.2) is 18.2 Å². The summed E-state index contributed by atoms with van der Waals surface area (Å²) < 4.78 is 11.5. The second-order valence-corrected chi connectivity index (χ2v) is 11.2. The summed E-state index contributed by atoms with van der Waals surface area (Å²) in [5.74, 6) is -0.526. The maximum Gasteiger partial charge on any atom is 0.349 e. The molecule has 2 aromatic carbocycles. The van der Waals surface area contributed by atoms with E-state index in [0.717, 1.165) is 11.1 Å². The van der Waals surface area contributed by atoms with Crippen molar-refractivity contribution in [3.8, 4) is 11.5 Å². The lowest BCUT2D eigenvalue weighted by molar-refractivity contribution is -0.136. The van der Waals surface area contributed by atoms with Crippen LogP contribution >= 0.6 is 0 Å². The summed E-state index contributed by atoms with van der Waals surface area (Å²) in [5, 5.41) is 0. The van der Waals surface area contributed by atoms with E-state index in [1.807, 2.05) is 32.9 Å². The van der Waals surface area contributed by atoms with Crippen LogP contribution in [0.2, 0.25) is 0 Å². The van der Waals surface area contributed by atoms with Crippen molar-refractivity contribution in [2.45, 2.75) is 92.2 Å². The monoisotopic (exact) mass is 510 g/mol. The maximum absolute atomic E-state index is 13.0. The van der Waals surface area contributed by atoms with Gasteiger partial charge in [-0.25, -0.2) is 4.79 Å². The zero-order chi connectivity index (χ0) is 28.1. The van der Waals surface area contributed by atoms with Gasteiger partial charge >= 0.3 is 5.97 Å². The Morgan fingerprint density at radius 1 is 0.703 bits per heavy atom. The molecule has 0 atom stereocenters. The molecule has 7 heteroatoms. The number of carbonyl (C=O) groups is 3. The third-order valence-electron chi connectivity index (χ3n) is 6.30. The minimum absolute atomic E-state index is 0.0954. The van der Waals surface area contributed by atoms with Crippen molar-refractivity contribution in [1.82, 2.24) is 0 Å². The summed E-state index contributed by atoms with van der Waals surface area (Å²) >= 11 is 0. The van der Waals surface area contributed by atoms with Gasteiger partial charge in [0.1, 0.15) is 11.5 Å². The summed E-state index contributed by atoms with van der Waals surface area (Å²) in [7, 11) is 0. The van der Waals surface area contributed by atoms with E-state index in [9.17, 15) is 14.4 Å². The van der Waals surface area contributed by atoms with Crippen LogP contribution in [0.1, 0.15) is 111 Å². The Balaban J connectivity index is 2.45. The lowest BCUT2D eigenvalue weighted by Crippen LogP contribution is -2.23. The van der Waals surface area contributed by atoms with E-state index in [-0.39, 0.29) is 59.8 Å². The zero-order valence-electron chi connectivity index (χ0n) is 23.5. The summed E-state index contributed by atoms with van der Waals surface area (Å²) in [6.45, 7) is 15.6. The summed E-state index contributed by atoms with van der Waals surface area (Å²) in [4.78, 5) is 38.5. The van der Waals surface area contributed by atoms with E-state index < -0.39 is 12.6 Å². The van der Waals surface area contributed by atoms with Crippen molar-refractivity contribution < 1.29 is 23.9 Å². The van der Waals surface area contributed by atoms with E-state index in [0.29, 0.717) is 22.3 Å². The number of benzene rings is 2. The molecular weight excluding hydrogens is 468 g/mol. The van der Waals surface area contributed by atoms with Crippen LogP contribution in [0, 0.1) is 0 Å². The predicted molar refractivity (Wildman–Crippen MR) is 146 cm³/mol. The van der Waals surface area contributed by atoms with Crippen molar-refractivity contribution in [2.24, 2.45) is 11.5 Å². The normalized spacial score (nSPS) is 11.8. The molecule has 202 valence electrons. The van der Waals surface area contributed by atoms with Crippen LogP contribution in [0.15, 0.2) is 24.3 Å². The van der Waals surface area contributed by atoms with Gasteiger partial charge in [-0.2, -0.15) is 0 Å². The number of ether oxygens (including phenoxy) is 2. The van der Waals surface area contributed by atoms with Crippen LogP contribution < -0.4 is 20.9 Å². The second-order valence-electron chi connectivity index (χ2n) is 11.2. The smallest absolute Gasteiger partial charge is 0.349 e. The molecule has 0 unspecified atom stereocenters. The lowest BCUT2D eigenvalue weighted by Gasteiger charge is -2.24. The quantitative estimate of drug-likeness (QED) is 0.250. The molecule has 0 radical (unpaired) electrons. The molecule has 0 aromatic heterocycles. The van der Waals surface area contributed by atoms with E-state index >= 15 is 0 Å². The highest BCUT2D eigenvalue weighted by Gasteiger charge is 2.26. The molecule has 0 aliphatic carbocycles. The Bertz CT molecular complexity index is 1170. The van der Waals surface area contributed by atoms with Gasteiger partial charge in [-0.15, -0.1) is 0 Å². The van der Waals surface area contributed by atoms with Crippen molar-refractivity contribution in [2.75, 3.05) is 6.61 Å². The number of rotatable bonds is 10. The Labute approximate surface area is 220 Å². The molecule has 37 heavy (non-hydrogen) atoms. The summed E-state index contributed by atoms with van der Waals surface area (Å²) in [6, 6.07) is 7.35. The summed E-state index contributed by atoms with van der Waals surface area (Å²) in [5.41, 5.74) is 15.3. The highest BCUT2D eigenvalue weighted by molar-refractivity contribution is 6.00. The molecule has 0 bridgehead atoms. The van der Waals surface area contributed by atoms with Gasteiger partial charge in [-0.05, 0) is 34.1 Å². The van der Waals surface area contributed by atoms with Crippen LogP contribution in [0.5, 0.6) is 11.5 Å². The van der Waals surface area contributed by atoms with Gasteiger partial charge in [0.05, 0.1) is 11.1 Å². The van der Waals surface area contributed by atoms with Crippen molar-refractivity contribution in [3.63, 3.8) is 0 Å². The van der Waals surface area contributed by atoms with Crippen molar-refractivity contribution >= 4 is 17.5 Å². The number of Topliss-reactive ketones (excluding diaryl/α,β-unsaturated/α-hetero) is 2. The first-order valence-corrected chi connectivity index (χ1v) is 12.8. The van der Waals surface area contributed by atoms with Crippen LogP contribution in [-0.2, 0) is 28.7 Å². The SMILES string of the molecule is CCC(=O)c1cc(C(C)(C)C)cc(CN)c1OCC(=O)Oc1c(CN)cc(C(C)(C)C)cc1C(=O)CC. The fourth-order valence-electron chi connectivity index (χ4n) is 3.91. The molecule has 2 rings (SSSR count). The average molecular weight is 511 g/mol. The van der Waals surface area contributed by atoms with Crippen LogP contribution in [-0.4, -0.2) is 24.1 Å². The zero-order valence-corrected chi connectivity index (χ0v) is 23.5. The van der Waals surface area contributed by atoms with Gasteiger partial charge in [-0.3, -0.25) is 9.59 Å². The number of hydrogen-bond donors (Lipinski definition) is 2. The van der Waals surface area contributed by atoms with Crippen molar-refractivity contribution in [1.29, 1.82) is 0 Å². The molecule has 0 amide bonds. The van der Waals surface area contributed by atoms with Gasteiger partial charge < -0.3 is 20.9 Å². The topological polar surface area (TPSA) is 122 Å².